The maximum Gasteiger partial charge on any atom is 0.434 e. The van der Waals surface area contributed by atoms with Crippen molar-refractivity contribution in [1.29, 1.82) is 0 Å². The highest BCUT2D eigenvalue weighted by Gasteiger charge is 2.60. The van der Waals surface area contributed by atoms with Crippen LogP contribution in [-0.2, 0) is 16.1 Å². The van der Waals surface area contributed by atoms with E-state index in [-0.39, 0.29) is 32.7 Å². The number of halogens is 7. The second-order valence-corrected chi connectivity index (χ2v) is 8.47. The second kappa shape index (κ2) is 10.3. The first-order valence-corrected chi connectivity index (χ1v) is 10.3. The van der Waals surface area contributed by atoms with Crippen LogP contribution in [0.3, 0.4) is 0 Å². The maximum atomic E-state index is 12.6. The Morgan fingerprint density at radius 3 is 2.15 bits per heavy atom. The van der Waals surface area contributed by atoms with E-state index in [9.17, 15) is 41.0 Å². The SMILES string of the molecule is CC(C)(C#Cc1c(Cl)cccc1CN1CCN(C(=O)OC(C(F)(F)F)C(F)(F)F)CC1)C(=O)O. The average molecular weight is 515 g/mol. The Morgan fingerprint density at radius 2 is 1.65 bits per heavy atom. The minimum absolute atomic E-state index is 0.137. The van der Waals surface area contributed by atoms with Crippen molar-refractivity contribution >= 4 is 23.7 Å². The summed E-state index contributed by atoms with van der Waals surface area (Å²) in [4.78, 5) is 25.8. The van der Waals surface area contributed by atoms with Crippen LogP contribution in [0.5, 0.6) is 0 Å². The van der Waals surface area contributed by atoms with Crippen LogP contribution in [0.1, 0.15) is 25.0 Å². The number of benzene rings is 1. The summed E-state index contributed by atoms with van der Waals surface area (Å²) in [6.07, 6.45) is -17.5. The van der Waals surface area contributed by atoms with Gasteiger partial charge in [0.05, 0.1) is 5.02 Å². The van der Waals surface area contributed by atoms with Crippen molar-refractivity contribution in [1.82, 2.24) is 9.80 Å². The number of piperazine rings is 1. The summed E-state index contributed by atoms with van der Waals surface area (Å²) in [6, 6.07) is 4.95. The molecule has 1 amide bonds. The van der Waals surface area contributed by atoms with Gasteiger partial charge in [-0.05, 0) is 25.5 Å². The van der Waals surface area contributed by atoms with Gasteiger partial charge in [0.2, 0.25) is 0 Å². The Morgan fingerprint density at radius 1 is 1.09 bits per heavy atom. The third kappa shape index (κ3) is 7.17. The van der Waals surface area contributed by atoms with Gasteiger partial charge in [-0.15, -0.1) is 0 Å². The van der Waals surface area contributed by atoms with Crippen molar-refractivity contribution in [2.24, 2.45) is 5.41 Å². The molecular formula is C21H21ClF6N2O4. The zero-order valence-electron chi connectivity index (χ0n) is 18.1. The summed E-state index contributed by atoms with van der Waals surface area (Å²) < 4.78 is 79.4. The Hall–Kier alpha value is -2.65. The van der Waals surface area contributed by atoms with Gasteiger partial charge in [-0.1, -0.05) is 35.6 Å². The van der Waals surface area contributed by atoms with Crippen LogP contribution in [0.25, 0.3) is 0 Å². The van der Waals surface area contributed by atoms with E-state index >= 15 is 0 Å². The Balaban J connectivity index is 2.07. The standard InChI is InChI=1S/C21H21ClF6N2O4/c1-19(2,17(31)32)7-6-14-13(4-3-5-15(14)22)12-29-8-10-30(11-9-29)18(33)34-16(20(23,24)25)21(26,27)28/h3-5,16H,8-12H2,1-2H3,(H,31,32). The molecule has 1 aromatic rings. The number of nitrogens with zero attached hydrogens (tertiary/aromatic N) is 2. The Labute approximate surface area is 196 Å². The third-order valence-corrected chi connectivity index (χ3v) is 5.29. The van der Waals surface area contributed by atoms with Crippen molar-refractivity contribution < 1.29 is 45.8 Å². The van der Waals surface area contributed by atoms with Crippen molar-refractivity contribution in [2.75, 3.05) is 26.2 Å². The molecule has 1 N–H and O–H groups in total. The van der Waals surface area contributed by atoms with E-state index < -0.39 is 35.9 Å². The van der Waals surface area contributed by atoms with Gasteiger partial charge in [0, 0.05) is 38.3 Å². The number of aliphatic carboxylic acids is 1. The van der Waals surface area contributed by atoms with Crippen LogP contribution in [0.4, 0.5) is 31.1 Å². The number of carboxylic acid groups (broad SMARTS) is 1. The lowest BCUT2D eigenvalue weighted by molar-refractivity contribution is -0.308. The lowest BCUT2D eigenvalue weighted by Gasteiger charge is -2.35. The third-order valence-electron chi connectivity index (χ3n) is 4.97. The molecule has 1 aliphatic heterocycles. The van der Waals surface area contributed by atoms with Gasteiger partial charge in [-0.25, -0.2) is 4.79 Å². The number of carbonyl (C=O) groups excluding carboxylic acids is 1. The first-order valence-electron chi connectivity index (χ1n) is 9.87. The van der Waals surface area contributed by atoms with E-state index in [4.69, 9.17) is 11.6 Å². The van der Waals surface area contributed by atoms with E-state index in [0.29, 0.717) is 16.1 Å². The monoisotopic (exact) mass is 514 g/mol. The maximum absolute atomic E-state index is 12.6. The van der Waals surface area contributed by atoms with Crippen molar-refractivity contribution in [3.05, 3.63) is 34.3 Å². The molecule has 0 bridgehead atoms. The van der Waals surface area contributed by atoms with Crippen LogP contribution in [0.2, 0.25) is 5.02 Å². The number of ether oxygens (including phenoxy) is 1. The number of hydrogen-bond acceptors (Lipinski definition) is 4. The lowest BCUT2D eigenvalue weighted by Crippen LogP contribution is -2.52. The summed E-state index contributed by atoms with van der Waals surface area (Å²) in [6.45, 7) is 3.08. The smallest absolute Gasteiger partial charge is 0.434 e. The number of amides is 1. The minimum Gasteiger partial charge on any atom is -0.480 e. The molecule has 0 saturated carbocycles. The molecule has 1 heterocycles. The van der Waals surface area contributed by atoms with Crippen LogP contribution in [0.15, 0.2) is 18.2 Å². The normalized spacial score (nSPS) is 15.6. The molecule has 1 saturated heterocycles. The summed E-state index contributed by atoms with van der Waals surface area (Å²) in [5.74, 6) is 4.32. The van der Waals surface area contributed by atoms with Gasteiger partial charge in [0.15, 0.2) is 0 Å². The first kappa shape index (κ1) is 27.6. The van der Waals surface area contributed by atoms with E-state index in [2.05, 4.69) is 16.6 Å². The number of carboxylic acids is 1. The molecule has 1 aromatic carbocycles. The fraction of sp³-hybridized carbons (Fsp3) is 0.524. The molecule has 13 heteroatoms. The fourth-order valence-corrected chi connectivity index (χ4v) is 3.18. The molecule has 6 nitrogen and oxygen atoms in total. The molecule has 0 aliphatic carbocycles. The molecule has 0 aromatic heterocycles. The van der Waals surface area contributed by atoms with E-state index in [1.54, 1.807) is 23.1 Å². The number of carbonyl (C=O) groups is 2. The average Bonchev–Trinajstić information content (AvgIpc) is 2.70. The van der Waals surface area contributed by atoms with Crippen LogP contribution >= 0.6 is 11.6 Å². The summed E-state index contributed by atoms with van der Waals surface area (Å²) in [5, 5.41) is 9.51. The molecule has 1 aliphatic rings. The summed E-state index contributed by atoms with van der Waals surface area (Å²) in [7, 11) is 0. The van der Waals surface area contributed by atoms with Crippen LogP contribution in [-0.4, -0.2) is 71.6 Å². The molecule has 2 rings (SSSR count). The quantitative estimate of drug-likeness (QED) is 0.472. The van der Waals surface area contributed by atoms with Crippen molar-refractivity contribution in [3.8, 4) is 11.8 Å². The molecule has 1 fully saturated rings. The van der Waals surface area contributed by atoms with Crippen molar-refractivity contribution in [2.45, 2.75) is 38.8 Å². The second-order valence-electron chi connectivity index (χ2n) is 8.06. The predicted molar refractivity (Wildman–Crippen MR) is 109 cm³/mol. The topological polar surface area (TPSA) is 70.1 Å². The highest BCUT2D eigenvalue weighted by molar-refractivity contribution is 6.31. The van der Waals surface area contributed by atoms with Gasteiger partial charge in [-0.2, -0.15) is 26.3 Å². The molecule has 0 radical (unpaired) electrons. The largest absolute Gasteiger partial charge is 0.480 e. The molecular weight excluding hydrogens is 494 g/mol. The summed E-state index contributed by atoms with van der Waals surface area (Å²) in [5.41, 5.74) is -0.280. The van der Waals surface area contributed by atoms with Gasteiger partial charge < -0.3 is 14.7 Å². The zero-order chi connectivity index (χ0) is 25.9. The van der Waals surface area contributed by atoms with E-state index in [1.165, 1.54) is 13.8 Å². The first-order chi connectivity index (χ1) is 15.5. The number of rotatable bonds is 4. The van der Waals surface area contributed by atoms with E-state index in [0.717, 1.165) is 4.90 Å². The molecule has 188 valence electrons. The Kier molecular flexibility index (Phi) is 8.37. The number of hydrogen-bond donors (Lipinski definition) is 1. The van der Waals surface area contributed by atoms with Gasteiger partial charge >= 0.3 is 24.4 Å². The molecule has 0 unspecified atom stereocenters. The minimum atomic E-state index is -5.78. The van der Waals surface area contributed by atoms with E-state index in [1.807, 2.05) is 0 Å². The molecule has 0 atom stereocenters. The van der Waals surface area contributed by atoms with Crippen molar-refractivity contribution in [3.63, 3.8) is 0 Å². The van der Waals surface area contributed by atoms with Gasteiger partial charge in [0.25, 0.3) is 6.10 Å². The van der Waals surface area contributed by atoms with Gasteiger partial charge in [0.1, 0.15) is 5.41 Å². The zero-order valence-corrected chi connectivity index (χ0v) is 18.8. The summed E-state index contributed by atoms with van der Waals surface area (Å²) >= 11 is 6.22. The highest BCUT2D eigenvalue weighted by atomic mass is 35.5. The van der Waals surface area contributed by atoms with Gasteiger partial charge in [-0.3, -0.25) is 9.69 Å². The highest BCUT2D eigenvalue weighted by Crippen LogP contribution is 2.36. The predicted octanol–water partition coefficient (Wildman–Crippen LogP) is 4.55. The lowest BCUT2D eigenvalue weighted by atomic mass is 9.94. The molecule has 34 heavy (non-hydrogen) atoms. The fourth-order valence-electron chi connectivity index (χ4n) is 2.94. The Bertz CT molecular complexity index is 962. The van der Waals surface area contributed by atoms with Crippen LogP contribution < -0.4 is 0 Å². The van der Waals surface area contributed by atoms with Crippen LogP contribution in [0, 0.1) is 17.3 Å². The molecule has 0 spiro atoms. The number of alkyl halides is 6.